The fourth-order valence-electron chi connectivity index (χ4n) is 3.32. The highest BCUT2D eigenvalue weighted by molar-refractivity contribution is 5.70. The third kappa shape index (κ3) is 4.64. The Morgan fingerprint density at radius 2 is 2.14 bits per heavy atom. The second kappa shape index (κ2) is 7.83. The van der Waals surface area contributed by atoms with Gasteiger partial charge in [0.1, 0.15) is 18.0 Å². The summed E-state index contributed by atoms with van der Waals surface area (Å²) in [7, 11) is 0. The minimum atomic E-state index is -1.25. The van der Waals surface area contributed by atoms with E-state index in [1.165, 1.54) is 6.07 Å². The van der Waals surface area contributed by atoms with Crippen molar-refractivity contribution in [3.05, 3.63) is 29.6 Å². The number of cyclic esters (lactones) is 1. The number of hydrogen-bond donors (Lipinski definition) is 2. The molecule has 1 aromatic carbocycles. The summed E-state index contributed by atoms with van der Waals surface area (Å²) in [6.45, 7) is 6.88. The second-order valence-corrected chi connectivity index (χ2v) is 7.97. The summed E-state index contributed by atoms with van der Waals surface area (Å²) in [6.07, 6.45) is -1.69. The van der Waals surface area contributed by atoms with Gasteiger partial charge in [-0.2, -0.15) is 0 Å². The lowest BCUT2D eigenvalue weighted by atomic mass is 10.1. The minimum absolute atomic E-state index is 0.140. The van der Waals surface area contributed by atoms with Crippen LogP contribution in [0.2, 0.25) is 0 Å². The summed E-state index contributed by atoms with van der Waals surface area (Å²) >= 11 is 0. The van der Waals surface area contributed by atoms with Crippen LogP contribution in [0.4, 0.5) is 19.7 Å². The van der Waals surface area contributed by atoms with Gasteiger partial charge in [0.15, 0.2) is 6.23 Å². The molecule has 3 rings (SSSR count). The van der Waals surface area contributed by atoms with Crippen LogP contribution in [0.5, 0.6) is 0 Å². The first kappa shape index (κ1) is 20.2. The maximum absolute atomic E-state index is 14.7. The van der Waals surface area contributed by atoms with E-state index < -0.39 is 29.8 Å². The van der Waals surface area contributed by atoms with Crippen molar-refractivity contribution in [2.45, 2.75) is 45.1 Å². The van der Waals surface area contributed by atoms with Crippen molar-refractivity contribution in [1.82, 2.24) is 10.2 Å². The molecule has 154 valence electrons. The molecule has 0 bridgehead atoms. The van der Waals surface area contributed by atoms with Crippen molar-refractivity contribution in [2.75, 3.05) is 31.1 Å². The summed E-state index contributed by atoms with van der Waals surface area (Å²) in [5, 5.41) is 13.1. The fraction of sp³-hybridized carbons (Fsp3) is 0.579. The number of nitrogens with zero attached hydrogens (tertiary/aromatic N) is 2. The van der Waals surface area contributed by atoms with Gasteiger partial charge >= 0.3 is 12.2 Å². The highest BCUT2D eigenvalue weighted by atomic mass is 19.1. The van der Waals surface area contributed by atoms with Crippen LogP contribution < -0.4 is 10.2 Å². The molecule has 8 nitrogen and oxygen atoms in total. The molecule has 1 aromatic rings. The number of rotatable bonds is 4. The second-order valence-electron chi connectivity index (χ2n) is 7.97. The Bertz CT molecular complexity index is 752. The van der Waals surface area contributed by atoms with Crippen LogP contribution in [0.3, 0.4) is 0 Å². The molecule has 2 N–H and O–H groups in total. The lowest BCUT2D eigenvalue weighted by Gasteiger charge is -2.24. The van der Waals surface area contributed by atoms with Gasteiger partial charge in [-0.1, -0.05) is 6.07 Å². The Morgan fingerprint density at radius 3 is 2.75 bits per heavy atom. The van der Waals surface area contributed by atoms with Crippen LogP contribution in [0, 0.1) is 5.82 Å². The lowest BCUT2D eigenvalue weighted by molar-refractivity contribution is 0.0361. The van der Waals surface area contributed by atoms with Gasteiger partial charge in [0, 0.05) is 18.7 Å². The van der Waals surface area contributed by atoms with Gasteiger partial charge in [-0.25, -0.2) is 14.0 Å². The average Bonchev–Trinajstić information content (AvgIpc) is 3.21. The van der Waals surface area contributed by atoms with E-state index in [1.54, 1.807) is 32.9 Å². The van der Waals surface area contributed by atoms with Crippen LogP contribution in [0.15, 0.2) is 18.2 Å². The topological polar surface area (TPSA) is 91.3 Å². The molecule has 2 amide bonds. The SMILES string of the molecule is CC(C)(C)OC(=O)N[C@H]1CCN(c2ccc(C(O)N3CCOC3=O)cc2F)C1. The molecule has 9 heteroatoms. The molecule has 0 aromatic heterocycles. The van der Waals surface area contributed by atoms with Crippen LogP contribution in [-0.4, -0.2) is 60.1 Å². The predicted octanol–water partition coefficient (Wildman–Crippen LogP) is 2.37. The molecular weight excluding hydrogens is 369 g/mol. The van der Waals surface area contributed by atoms with E-state index in [1.807, 2.05) is 4.90 Å². The first-order valence-electron chi connectivity index (χ1n) is 9.29. The number of anilines is 1. The number of ether oxygens (including phenoxy) is 2. The van der Waals surface area contributed by atoms with E-state index in [2.05, 4.69) is 5.32 Å². The summed E-state index contributed by atoms with van der Waals surface area (Å²) in [5.74, 6) is -0.498. The quantitative estimate of drug-likeness (QED) is 0.813. The van der Waals surface area contributed by atoms with Crippen molar-refractivity contribution in [1.29, 1.82) is 0 Å². The van der Waals surface area contributed by atoms with Gasteiger partial charge in [0.2, 0.25) is 0 Å². The number of aliphatic hydroxyl groups excluding tert-OH is 1. The Kier molecular flexibility index (Phi) is 5.64. The van der Waals surface area contributed by atoms with Crippen molar-refractivity contribution < 1.29 is 28.6 Å². The fourth-order valence-corrected chi connectivity index (χ4v) is 3.32. The molecule has 2 fully saturated rings. The van der Waals surface area contributed by atoms with Crippen LogP contribution in [-0.2, 0) is 9.47 Å². The average molecular weight is 395 g/mol. The van der Waals surface area contributed by atoms with Crippen molar-refractivity contribution in [3.8, 4) is 0 Å². The van der Waals surface area contributed by atoms with E-state index in [0.29, 0.717) is 25.2 Å². The van der Waals surface area contributed by atoms with Gasteiger partial charge < -0.3 is 24.8 Å². The third-order valence-electron chi connectivity index (χ3n) is 4.61. The zero-order chi connectivity index (χ0) is 20.5. The molecule has 0 saturated carbocycles. The molecule has 0 spiro atoms. The van der Waals surface area contributed by atoms with Crippen molar-refractivity contribution >= 4 is 17.9 Å². The molecule has 0 aliphatic carbocycles. The normalized spacial score (nSPS) is 20.9. The zero-order valence-corrected chi connectivity index (χ0v) is 16.3. The van der Waals surface area contributed by atoms with Gasteiger partial charge in [-0.05, 0) is 39.3 Å². The van der Waals surface area contributed by atoms with Crippen molar-refractivity contribution in [2.24, 2.45) is 0 Å². The van der Waals surface area contributed by atoms with Crippen LogP contribution >= 0.6 is 0 Å². The van der Waals surface area contributed by atoms with E-state index in [-0.39, 0.29) is 24.8 Å². The molecule has 0 radical (unpaired) electrons. The van der Waals surface area contributed by atoms with E-state index in [9.17, 15) is 19.1 Å². The van der Waals surface area contributed by atoms with E-state index in [4.69, 9.17) is 9.47 Å². The molecule has 2 aliphatic rings. The largest absolute Gasteiger partial charge is 0.447 e. The Hall–Kier alpha value is -2.55. The van der Waals surface area contributed by atoms with Gasteiger partial charge in [-0.15, -0.1) is 0 Å². The molecular formula is C19H26FN3O5. The summed E-state index contributed by atoms with van der Waals surface area (Å²) in [5.41, 5.74) is 0.0866. The Labute approximate surface area is 163 Å². The highest BCUT2D eigenvalue weighted by Gasteiger charge is 2.31. The van der Waals surface area contributed by atoms with Crippen LogP contribution in [0.1, 0.15) is 39.0 Å². The number of carbonyl (C=O) groups excluding carboxylic acids is 2. The third-order valence-corrected chi connectivity index (χ3v) is 4.61. The summed E-state index contributed by atoms with van der Waals surface area (Å²) in [4.78, 5) is 26.4. The van der Waals surface area contributed by atoms with Gasteiger partial charge in [0.25, 0.3) is 0 Å². The standard InChI is InChI=1S/C19H26FN3O5/c1-19(2,3)28-17(25)21-13-6-7-22(11-13)15-5-4-12(10-14(15)20)16(24)23-8-9-27-18(23)26/h4-5,10,13,16,24H,6-9,11H2,1-3H3,(H,21,25)/t13-,16?/m0/s1. The smallest absolute Gasteiger partial charge is 0.412 e. The number of aliphatic hydroxyl groups is 1. The van der Waals surface area contributed by atoms with Crippen LogP contribution in [0.25, 0.3) is 0 Å². The summed E-state index contributed by atoms with van der Waals surface area (Å²) in [6, 6.07) is 4.24. The maximum atomic E-state index is 14.7. The van der Waals surface area contributed by atoms with Crippen molar-refractivity contribution in [3.63, 3.8) is 0 Å². The predicted molar refractivity (Wildman–Crippen MR) is 99.4 cm³/mol. The molecule has 2 atom stereocenters. The number of carbonyl (C=O) groups is 2. The zero-order valence-electron chi connectivity index (χ0n) is 16.3. The number of benzene rings is 1. The molecule has 2 saturated heterocycles. The number of halogens is 1. The van der Waals surface area contributed by atoms with Gasteiger partial charge in [0.05, 0.1) is 18.3 Å². The van der Waals surface area contributed by atoms with E-state index >= 15 is 0 Å². The Morgan fingerprint density at radius 1 is 1.39 bits per heavy atom. The number of hydrogen-bond acceptors (Lipinski definition) is 6. The first-order valence-corrected chi connectivity index (χ1v) is 9.29. The number of amides is 2. The molecule has 28 heavy (non-hydrogen) atoms. The number of alkyl carbamates (subject to hydrolysis) is 1. The van der Waals surface area contributed by atoms with Gasteiger partial charge in [-0.3, -0.25) is 4.90 Å². The lowest BCUT2D eigenvalue weighted by Crippen LogP contribution is -2.40. The molecule has 2 aliphatic heterocycles. The Balaban J connectivity index is 1.62. The molecule has 2 heterocycles. The summed E-state index contributed by atoms with van der Waals surface area (Å²) < 4.78 is 24.7. The number of nitrogens with one attached hydrogen (secondary N) is 1. The molecule has 1 unspecified atom stereocenters. The highest BCUT2D eigenvalue weighted by Crippen LogP contribution is 2.28. The van der Waals surface area contributed by atoms with E-state index in [0.717, 1.165) is 4.90 Å². The minimum Gasteiger partial charge on any atom is -0.447 e. The monoisotopic (exact) mass is 395 g/mol. The first-order chi connectivity index (χ1) is 13.1. The maximum Gasteiger partial charge on any atom is 0.412 e.